The summed E-state index contributed by atoms with van der Waals surface area (Å²) < 4.78 is 0. The summed E-state index contributed by atoms with van der Waals surface area (Å²) in [6.45, 7) is 5.78. The second kappa shape index (κ2) is 3.06. The van der Waals surface area contributed by atoms with Gasteiger partial charge in [-0.15, -0.1) is 0 Å². The fourth-order valence-corrected chi connectivity index (χ4v) is 0.862. The molecule has 0 unspecified atom stereocenters. The molecule has 0 saturated carbocycles. The average Bonchev–Trinajstić information content (AvgIpc) is 2.04. The molecule has 11 heavy (non-hydrogen) atoms. The minimum atomic E-state index is 0.635. The molecule has 0 aromatic carbocycles. The highest BCUT2D eigenvalue weighted by molar-refractivity contribution is 5.60. The first kappa shape index (κ1) is 7.61. The summed E-state index contributed by atoms with van der Waals surface area (Å²) >= 11 is 0. The molecule has 4 heteroatoms. The molecule has 0 bridgehead atoms. The Morgan fingerprint density at radius 2 is 2.45 bits per heavy atom. The Balaban J connectivity index is 2.87. The molecule has 0 aromatic rings. The van der Waals surface area contributed by atoms with Gasteiger partial charge in [0.05, 0.1) is 6.54 Å². The van der Waals surface area contributed by atoms with Gasteiger partial charge in [-0.2, -0.15) is 4.85 Å². The van der Waals surface area contributed by atoms with Crippen LogP contribution in [0.5, 0.6) is 0 Å². The van der Waals surface area contributed by atoms with E-state index in [1.165, 1.54) is 0 Å². The third-order valence-electron chi connectivity index (χ3n) is 1.48. The molecule has 0 saturated heterocycles. The van der Waals surface area contributed by atoms with Crippen LogP contribution >= 0.6 is 0 Å². The quantitative estimate of drug-likeness (QED) is 0.585. The predicted octanol–water partition coefficient (Wildman–Crippen LogP) is 0.311. The first-order valence-electron chi connectivity index (χ1n) is 3.32. The minimum absolute atomic E-state index is 0.635. The van der Waals surface area contributed by atoms with Crippen LogP contribution in [0.25, 0.3) is 4.85 Å². The van der Waals surface area contributed by atoms with E-state index in [9.17, 15) is 0 Å². The van der Waals surface area contributed by atoms with E-state index in [1.54, 1.807) is 6.34 Å². The lowest BCUT2D eigenvalue weighted by Gasteiger charge is -2.14. The van der Waals surface area contributed by atoms with E-state index in [2.05, 4.69) is 15.2 Å². The Hall–Kier alpha value is -1.50. The van der Waals surface area contributed by atoms with Crippen molar-refractivity contribution in [1.82, 2.24) is 10.2 Å². The van der Waals surface area contributed by atoms with E-state index >= 15 is 0 Å². The molecule has 58 valence electrons. The lowest BCUT2D eigenvalue weighted by molar-refractivity contribution is 0.492. The van der Waals surface area contributed by atoms with Gasteiger partial charge in [-0.3, -0.25) is 0 Å². The van der Waals surface area contributed by atoms with Crippen molar-refractivity contribution in [3.63, 3.8) is 0 Å². The van der Waals surface area contributed by atoms with Crippen LogP contribution in [0.3, 0.4) is 0 Å². The zero-order valence-electron chi connectivity index (χ0n) is 6.70. The average molecular weight is 151 g/mol. The fraction of sp³-hybridized carbons (Fsp3) is 0.429. The second-order valence-corrected chi connectivity index (χ2v) is 2.43. The molecule has 1 heterocycles. The zero-order valence-corrected chi connectivity index (χ0v) is 6.70. The highest BCUT2D eigenvalue weighted by Crippen LogP contribution is 2.08. The van der Waals surface area contributed by atoms with E-state index in [4.69, 9.17) is 6.57 Å². The summed E-state index contributed by atoms with van der Waals surface area (Å²) in [6, 6.07) is 0. The maximum absolute atomic E-state index is 5.15. The van der Waals surface area contributed by atoms with E-state index in [1.807, 2.05) is 19.0 Å². The molecular formula is C7H11N4+. The van der Waals surface area contributed by atoms with Gasteiger partial charge in [-0.1, -0.05) is 0 Å². The number of nitrogens with one attached hydrogen (secondary N) is 1. The van der Waals surface area contributed by atoms with Crippen LogP contribution in [0.4, 0.5) is 0 Å². The lowest BCUT2D eigenvalue weighted by Crippen LogP contribution is -2.25. The van der Waals surface area contributed by atoms with Gasteiger partial charge in [0.1, 0.15) is 12.3 Å². The standard InChI is InChI=1S/C7H11N4/c1-8-7-6(11(2)3)4-9-5-10-7/h1,5H,4H2,2-3H3,(H,9,10)/q+1. The van der Waals surface area contributed by atoms with E-state index in [0.717, 1.165) is 5.70 Å². The third-order valence-corrected chi connectivity index (χ3v) is 1.48. The third kappa shape index (κ3) is 1.49. The first-order chi connectivity index (χ1) is 5.25. The number of aliphatic imine (C=N–C) groups is 1. The molecule has 0 spiro atoms. The van der Waals surface area contributed by atoms with Crippen molar-refractivity contribution in [2.45, 2.75) is 0 Å². The van der Waals surface area contributed by atoms with Crippen molar-refractivity contribution in [3.8, 4) is 6.57 Å². The molecule has 0 fully saturated rings. The van der Waals surface area contributed by atoms with Gasteiger partial charge in [-0.05, 0) is 0 Å². The van der Waals surface area contributed by atoms with Crippen molar-refractivity contribution in [1.29, 1.82) is 0 Å². The molecule has 0 aliphatic carbocycles. The van der Waals surface area contributed by atoms with Crippen molar-refractivity contribution < 1.29 is 0 Å². The Morgan fingerprint density at radius 1 is 1.73 bits per heavy atom. The maximum atomic E-state index is 5.15. The number of nitrogens with zero attached hydrogens (tertiary/aromatic N) is 3. The van der Waals surface area contributed by atoms with Crippen LogP contribution in [0.1, 0.15) is 0 Å². The summed E-state index contributed by atoms with van der Waals surface area (Å²) in [5.41, 5.74) is 0.995. The monoisotopic (exact) mass is 151 g/mol. The predicted molar refractivity (Wildman–Crippen MR) is 45.5 cm³/mol. The number of hydrogen-bond donors (Lipinski definition) is 1. The van der Waals surface area contributed by atoms with E-state index < -0.39 is 0 Å². The van der Waals surface area contributed by atoms with E-state index in [0.29, 0.717) is 12.4 Å². The van der Waals surface area contributed by atoms with Gasteiger partial charge in [0.15, 0.2) is 6.34 Å². The SMILES string of the molecule is C#[N+]C1=C(N(C)C)CN=CN1. The van der Waals surface area contributed by atoms with Crippen molar-refractivity contribution in [2.24, 2.45) is 4.99 Å². The molecular weight excluding hydrogens is 140 g/mol. The van der Waals surface area contributed by atoms with Crippen LogP contribution in [0.2, 0.25) is 0 Å². The van der Waals surface area contributed by atoms with Gasteiger partial charge >= 0.3 is 5.82 Å². The summed E-state index contributed by atoms with van der Waals surface area (Å²) in [7, 11) is 3.87. The Kier molecular flexibility index (Phi) is 2.12. The van der Waals surface area contributed by atoms with Crippen molar-refractivity contribution in [3.05, 3.63) is 16.4 Å². The molecule has 1 aliphatic rings. The molecule has 0 amide bonds. The number of rotatable bonds is 1. The smallest absolute Gasteiger partial charge is 0.372 e. The van der Waals surface area contributed by atoms with Gasteiger partial charge in [-0.25, -0.2) is 10.3 Å². The van der Waals surface area contributed by atoms with Gasteiger partial charge < -0.3 is 4.90 Å². The summed E-state index contributed by atoms with van der Waals surface area (Å²) in [4.78, 5) is 9.55. The number of likely N-dealkylation sites (N-methyl/N-ethyl adjacent to an activating group) is 1. The van der Waals surface area contributed by atoms with Crippen LogP contribution in [0, 0.1) is 6.57 Å². The van der Waals surface area contributed by atoms with Crippen LogP contribution < -0.4 is 5.32 Å². The minimum Gasteiger partial charge on any atom is -0.372 e. The van der Waals surface area contributed by atoms with Crippen LogP contribution in [-0.4, -0.2) is 31.9 Å². The highest BCUT2D eigenvalue weighted by atomic mass is 15.2. The molecule has 0 atom stereocenters. The molecule has 1 N–H and O–H groups in total. The largest absolute Gasteiger partial charge is 0.405 e. The first-order valence-corrected chi connectivity index (χ1v) is 3.32. The summed E-state index contributed by atoms with van der Waals surface area (Å²) in [6.07, 6.45) is 1.60. The van der Waals surface area contributed by atoms with Gasteiger partial charge in [0.25, 0.3) is 0 Å². The van der Waals surface area contributed by atoms with Crippen molar-refractivity contribution in [2.75, 3.05) is 20.6 Å². The Morgan fingerprint density at radius 3 is 2.91 bits per heavy atom. The van der Waals surface area contributed by atoms with Gasteiger partial charge in [0.2, 0.25) is 0 Å². The molecule has 1 aliphatic heterocycles. The normalized spacial score (nSPS) is 15.7. The summed E-state index contributed by atoms with van der Waals surface area (Å²) in [5, 5.41) is 2.85. The fourth-order valence-electron chi connectivity index (χ4n) is 0.862. The number of hydrogen-bond acceptors (Lipinski definition) is 3. The van der Waals surface area contributed by atoms with E-state index in [-0.39, 0.29) is 0 Å². The lowest BCUT2D eigenvalue weighted by atomic mass is 10.3. The van der Waals surface area contributed by atoms with Gasteiger partial charge in [0, 0.05) is 14.1 Å². The molecule has 1 rings (SSSR count). The Labute approximate surface area is 66.0 Å². The maximum Gasteiger partial charge on any atom is 0.405 e. The molecule has 0 radical (unpaired) electrons. The topological polar surface area (TPSA) is 32.0 Å². The molecule has 0 aromatic heterocycles. The second-order valence-electron chi connectivity index (χ2n) is 2.43. The van der Waals surface area contributed by atoms with Crippen LogP contribution in [-0.2, 0) is 0 Å². The Bertz CT molecular complexity index is 244. The highest BCUT2D eigenvalue weighted by Gasteiger charge is 2.17. The van der Waals surface area contributed by atoms with Crippen molar-refractivity contribution >= 4 is 6.34 Å². The summed E-state index contributed by atoms with van der Waals surface area (Å²) in [5.74, 6) is 0.685. The van der Waals surface area contributed by atoms with Crippen LogP contribution in [0.15, 0.2) is 16.5 Å². The molecule has 4 nitrogen and oxygen atoms in total. The zero-order chi connectivity index (χ0) is 8.27.